The van der Waals surface area contributed by atoms with Crippen molar-refractivity contribution in [3.63, 3.8) is 0 Å². The van der Waals surface area contributed by atoms with E-state index in [0.717, 1.165) is 0 Å². The van der Waals surface area contributed by atoms with Crippen molar-refractivity contribution in [2.45, 2.75) is 31.2 Å². The van der Waals surface area contributed by atoms with Gasteiger partial charge in [0.2, 0.25) is 0 Å². The molecule has 1 rings (SSSR count). The van der Waals surface area contributed by atoms with Gasteiger partial charge in [0.1, 0.15) is 0 Å². The molecule has 10 heteroatoms. The van der Waals surface area contributed by atoms with E-state index in [1.54, 1.807) is 0 Å². The smallest absolute Gasteiger partial charge is 0.383 e. The Labute approximate surface area is 89.5 Å². The van der Waals surface area contributed by atoms with Crippen molar-refractivity contribution in [2.75, 3.05) is 0 Å². The number of carbonyl (C=O) groups is 1. The molecule has 0 N–H and O–H groups in total. The Morgan fingerprint density at radius 1 is 1.18 bits per heavy atom. The normalized spacial score (nSPS) is 31.6. The van der Waals surface area contributed by atoms with Crippen molar-refractivity contribution in [1.29, 1.82) is 0 Å². The molecule has 1 aliphatic rings. The average molecular weight is 270 g/mol. The maximum Gasteiger partial charge on any atom is 0.516 e. The Bertz CT molecular complexity index is 328. The number of alkyl halides is 7. The van der Waals surface area contributed by atoms with Crippen LogP contribution in [0.5, 0.6) is 0 Å². The van der Waals surface area contributed by atoms with Crippen LogP contribution in [0.3, 0.4) is 0 Å². The molecular weight excluding hydrogens is 265 g/mol. The first-order valence-corrected chi connectivity index (χ1v) is 4.11. The van der Waals surface area contributed by atoms with Gasteiger partial charge in [-0.05, 0) is 0 Å². The minimum Gasteiger partial charge on any atom is -0.383 e. The van der Waals surface area contributed by atoms with Gasteiger partial charge in [-0.2, -0.15) is 26.3 Å². The zero-order valence-electron chi connectivity index (χ0n) is 8.03. The zero-order valence-corrected chi connectivity index (χ0v) is 8.03. The highest BCUT2D eigenvalue weighted by atomic mass is 19.4. The quantitative estimate of drug-likeness (QED) is 0.571. The lowest BCUT2D eigenvalue weighted by Gasteiger charge is -2.29. The molecule has 0 bridgehead atoms. The molecule has 1 aliphatic heterocycles. The van der Waals surface area contributed by atoms with Gasteiger partial charge in [-0.25, -0.2) is 9.18 Å². The second-order valence-electron chi connectivity index (χ2n) is 3.35. The Balaban J connectivity index is 3.02. The lowest BCUT2D eigenvalue weighted by molar-refractivity contribution is -0.326. The summed E-state index contributed by atoms with van der Waals surface area (Å²) in [5.74, 6) is -7.90. The van der Waals surface area contributed by atoms with Crippen molar-refractivity contribution in [1.82, 2.24) is 0 Å². The molecule has 0 aromatic rings. The van der Waals surface area contributed by atoms with E-state index in [9.17, 15) is 35.5 Å². The van der Waals surface area contributed by atoms with E-state index in [0.29, 0.717) is 0 Å². The van der Waals surface area contributed by atoms with Crippen LogP contribution in [0.4, 0.5) is 35.5 Å². The summed E-state index contributed by atoms with van der Waals surface area (Å²) in [4.78, 5) is 10.2. The summed E-state index contributed by atoms with van der Waals surface area (Å²) < 4.78 is 94.1. The maximum absolute atomic E-state index is 13.3. The molecule has 0 aliphatic carbocycles. The Morgan fingerprint density at radius 3 is 1.94 bits per heavy atom. The number of carbonyl (C=O) groups excluding carboxylic acids is 1. The summed E-state index contributed by atoms with van der Waals surface area (Å²) in [7, 11) is 0. The molecule has 0 aromatic carbocycles. The largest absolute Gasteiger partial charge is 0.516 e. The van der Waals surface area contributed by atoms with Gasteiger partial charge in [0, 0.05) is 0 Å². The lowest BCUT2D eigenvalue weighted by atomic mass is 9.98. The third-order valence-electron chi connectivity index (χ3n) is 2.15. The summed E-state index contributed by atoms with van der Waals surface area (Å²) in [5, 5.41) is 0. The predicted molar refractivity (Wildman–Crippen MR) is 36.5 cm³/mol. The van der Waals surface area contributed by atoms with Crippen LogP contribution in [0.1, 0.15) is 6.92 Å². The first-order valence-electron chi connectivity index (χ1n) is 4.11. The second kappa shape index (κ2) is 3.64. The number of ether oxygens (including phenoxy) is 2. The minimum atomic E-state index is -5.27. The van der Waals surface area contributed by atoms with E-state index < -0.39 is 36.4 Å². The van der Waals surface area contributed by atoms with Crippen molar-refractivity contribution in [3.8, 4) is 0 Å². The van der Waals surface area contributed by atoms with E-state index in [1.807, 2.05) is 0 Å². The third kappa shape index (κ3) is 2.12. The van der Waals surface area contributed by atoms with Gasteiger partial charge in [0.25, 0.3) is 0 Å². The van der Waals surface area contributed by atoms with E-state index in [2.05, 4.69) is 9.47 Å². The van der Waals surface area contributed by atoms with Crippen LogP contribution in [-0.4, -0.2) is 30.5 Å². The van der Waals surface area contributed by atoms with Crippen LogP contribution in [0.2, 0.25) is 0 Å². The Kier molecular flexibility index (Phi) is 2.96. The van der Waals surface area contributed by atoms with Crippen molar-refractivity contribution in [2.24, 2.45) is 5.92 Å². The van der Waals surface area contributed by atoms with Crippen LogP contribution in [0.25, 0.3) is 0 Å². The average Bonchev–Trinajstić information content (AvgIpc) is 2.32. The fourth-order valence-corrected chi connectivity index (χ4v) is 1.08. The highest BCUT2D eigenvalue weighted by Crippen LogP contribution is 2.48. The molecule has 3 atom stereocenters. The van der Waals surface area contributed by atoms with E-state index >= 15 is 0 Å². The summed E-state index contributed by atoms with van der Waals surface area (Å²) in [6, 6.07) is 0. The summed E-state index contributed by atoms with van der Waals surface area (Å²) in [6.45, 7) is 0.133. The van der Waals surface area contributed by atoms with Gasteiger partial charge in [-0.1, -0.05) is 6.92 Å². The highest BCUT2D eigenvalue weighted by molar-refractivity contribution is 5.63. The van der Waals surface area contributed by atoms with E-state index in [4.69, 9.17) is 0 Å². The van der Waals surface area contributed by atoms with Gasteiger partial charge in [0.15, 0.2) is 6.17 Å². The molecule has 3 unspecified atom stereocenters. The number of cyclic esters (lactones) is 2. The molecule has 17 heavy (non-hydrogen) atoms. The van der Waals surface area contributed by atoms with Gasteiger partial charge in [0.05, 0.1) is 5.92 Å². The van der Waals surface area contributed by atoms with Gasteiger partial charge in [-0.15, -0.1) is 0 Å². The molecule has 1 fully saturated rings. The van der Waals surface area contributed by atoms with Gasteiger partial charge >= 0.3 is 24.3 Å². The molecule has 0 saturated carbocycles. The van der Waals surface area contributed by atoms with Gasteiger partial charge < -0.3 is 9.47 Å². The monoisotopic (exact) mass is 270 g/mol. The SMILES string of the molecule is CC(C(F)C1(F)OC(=O)OC1(F)F)C(F)(F)F. The first-order chi connectivity index (χ1) is 7.42. The molecule has 0 amide bonds. The number of halogens is 7. The van der Waals surface area contributed by atoms with Crippen LogP contribution >= 0.6 is 0 Å². The Morgan fingerprint density at radius 2 is 1.65 bits per heavy atom. The van der Waals surface area contributed by atoms with Crippen LogP contribution in [0.15, 0.2) is 0 Å². The molecule has 0 spiro atoms. The number of hydrogen-bond acceptors (Lipinski definition) is 3. The van der Waals surface area contributed by atoms with E-state index in [-0.39, 0.29) is 6.92 Å². The van der Waals surface area contributed by atoms with Crippen molar-refractivity contribution < 1.29 is 45.0 Å². The molecule has 3 nitrogen and oxygen atoms in total. The lowest BCUT2D eigenvalue weighted by Crippen LogP contribution is -2.53. The zero-order chi connectivity index (χ0) is 13.6. The maximum atomic E-state index is 13.3. The fourth-order valence-electron chi connectivity index (χ4n) is 1.08. The Hall–Kier alpha value is -1.22. The third-order valence-corrected chi connectivity index (χ3v) is 2.15. The predicted octanol–water partition coefficient (Wildman–Crippen LogP) is 2.95. The second-order valence-corrected chi connectivity index (χ2v) is 3.35. The number of hydrogen-bond donors (Lipinski definition) is 0. The van der Waals surface area contributed by atoms with Crippen LogP contribution < -0.4 is 0 Å². The molecule has 1 saturated heterocycles. The van der Waals surface area contributed by atoms with Crippen molar-refractivity contribution in [3.05, 3.63) is 0 Å². The number of rotatable bonds is 2. The van der Waals surface area contributed by atoms with Gasteiger partial charge in [-0.3, -0.25) is 0 Å². The van der Waals surface area contributed by atoms with Crippen LogP contribution in [-0.2, 0) is 9.47 Å². The first kappa shape index (κ1) is 13.8. The van der Waals surface area contributed by atoms with Crippen LogP contribution in [0, 0.1) is 5.92 Å². The topological polar surface area (TPSA) is 35.5 Å². The molecular formula is C7H5F7O3. The molecule has 100 valence electrons. The summed E-state index contributed by atoms with van der Waals surface area (Å²) >= 11 is 0. The summed E-state index contributed by atoms with van der Waals surface area (Å²) in [5.41, 5.74) is 0. The molecule has 0 radical (unpaired) electrons. The summed E-state index contributed by atoms with van der Waals surface area (Å²) in [6.07, 6.45) is -16.5. The standard InChI is InChI=1S/C7H5F7O3/c1-2(6(10,11)12)3(8)5(9)7(13,14)17-4(15)16-5/h2-3H,1H3. The molecule has 0 aromatic heterocycles. The minimum absolute atomic E-state index is 0.133. The van der Waals surface area contributed by atoms with E-state index in [1.165, 1.54) is 0 Å². The highest BCUT2D eigenvalue weighted by Gasteiger charge is 2.75. The van der Waals surface area contributed by atoms with Crippen molar-refractivity contribution >= 4 is 6.16 Å². The molecule has 1 heterocycles. The fraction of sp³-hybridized carbons (Fsp3) is 0.857.